The van der Waals surface area contributed by atoms with Gasteiger partial charge in [-0.3, -0.25) is 13.9 Å². The number of aromatic nitrogens is 3. The van der Waals surface area contributed by atoms with Crippen molar-refractivity contribution in [3.8, 4) is 11.3 Å². The summed E-state index contributed by atoms with van der Waals surface area (Å²) >= 11 is 1.49. The molecule has 2 N–H and O–H groups in total. The molecule has 0 aromatic carbocycles. The van der Waals surface area contributed by atoms with E-state index in [0.29, 0.717) is 17.8 Å². The molecule has 2 aromatic rings. The molecule has 2 aromatic heterocycles. The Hall–Kier alpha value is -1.89. The zero-order valence-corrected chi connectivity index (χ0v) is 12.7. The molecule has 20 heavy (non-hydrogen) atoms. The molecular weight excluding hydrogens is 276 g/mol. The van der Waals surface area contributed by atoms with Gasteiger partial charge < -0.3 is 5.73 Å². The molecule has 2 rings (SSSR count). The number of hydrogen-bond acceptors (Lipinski definition) is 5. The van der Waals surface area contributed by atoms with Gasteiger partial charge in [0.1, 0.15) is 11.4 Å². The molecule has 0 unspecified atom stereocenters. The Labute approximate surface area is 120 Å². The summed E-state index contributed by atoms with van der Waals surface area (Å²) in [6.45, 7) is 4.44. The minimum absolute atomic E-state index is 0.202. The van der Waals surface area contributed by atoms with E-state index < -0.39 is 5.56 Å². The Morgan fingerprint density at radius 1 is 1.35 bits per heavy atom. The minimum atomic E-state index is -0.396. The molecular formula is C13H18N4O2S. The second-order valence-electron chi connectivity index (χ2n) is 4.54. The average molecular weight is 294 g/mol. The van der Waals surface area contributed by atoms with Crippen LogP contribution in [-0.4, -0.2) is 14.1 Å². The van der Waals surface area contributed by atoms with Crippen molar-refractivity contribution in [2.24, 2.45) is 7.05 Å². The topological polar surface area (TPSA) is 82.9 Å². The summed E-state index contributed by atoms with van der Waals surface area (Å²) in [5, 5.41) is 2.75. The molecule has 2 heterocycles. The number of nitrogens with two attached hydrogens (primary N) is 1. The maximum Gasteiger partial charge on any atom is 0.332 e. The van der Waals surface area contributed by atoms with E-state index in [9.17, 15) is 9.59 Å². The van der Waals surface area contributed by atoms with E-state index in [2.05, 4.69) is 4.98 Å². The van der Waals surface area contributed by atoms with Gasteiger partial charge in [-0.15, -0.1) is 11.3 Å². The molecule has 0 aliphatic heterocycles. The highest BCUT2D eigenvalue weighted by molar-refractivity contribution is 7.09. The number of anilines is 1. The van der Waals surface area contributed by atoms with Crippen molar-refractivity contribution >= 4 is 17.2 Å². The standard InChI is InChI=1S/C13H18N4O2S/c1-4-6-17-11(14)10(12(18)16(3)13(17)19)8-7-20-9(5-2)15-8/h7H,4-6,14H2,1-3H3. The van der Waals surface area contributed by atoms with Gasteiger partial charge in [0.15, 0.2) is 0 Å². The van der Waals surface area contributed by atoms with E-state index in [1.807, 2.05) is 19.2 Å². The van der Waals surface area contributed by atoms with E-state index in [1.54, 1.807) is 0 Å². The van der Waals surface area contributed by atoms with Crippen LogP contribution < -0.4 is 17.0 Å². The zero-order chi connectivity index (χ0) is 14.9. The van der Waals surface area contributed by atoms with Gasteiger partial charge in [0.05, 0.1) is 10.7 Å². The van der Waals surface area contributed by atoms with Crippen molar-refractivity contribution in [2.75, 3.05) is 5.73 Å². The Morgan fingerprint density at radius 3 is 2.60 bits per heavy atom. The van der Waals surface area contributed by atoms with Crippen LogP contribution in [0.5, 0.6) is 0 Å². The molecule has 0 amide bonds. The lowest BCUT2D eigenvalue weighted by Crippen LogP contribution is -2.40. The lowest BCUT2D eigenvalue weighted by molar-refractivity contribution is 0.600. The second kappa shape index (κ2) is 5.62. The van der Waals surface area contributed by atoms with Crippen LogP contribution in [0.25, 0.3) is 11.3 Å². The highest BCUT2D eigenvalue weighted by Crippen LogP contribution is 2.23. The first-order valence-corrected chi connectivity index (χ1v) is 7.43. The third-order valence-corrected chi connectivity index (χ3v) is 4.13. The summed E-state index contributed by atoms with van der Waals surface area (Å²) in [6, 6.07) is 0. The maximum atomic E-state index is 12.3. The highest BCUT2D eigenvalue weighted by atomic mass is 32.1. The van der Waals surface area contributed by atoms with Gasteiger partial charge in [-0.05, 0) is 12.8 Å². The first kappa shape index (κ1) is 14.5. The van der Waals surface area contributed by atoms with E-state index in [4.69, 9.17) is 5.73 Å². The molecule has 0 atom stereocenters. The van der Waals surface area contributed by atoms with Gasteiger partial charge in [0.25, 0.3) is 5.56 Å². The SMILES string of the molecule is CCCn1c(N)c(-c2csc(CC)n2)c(=O)n(C)c1=O. The summed E-state index contributed by atoms with van der Waals surface area (Å²) in [5.74, 6) is 0.202. The molecule has 108 valence electrons. The first-order valence-electron chi connectivity index (χ1n) is 6.55. The Kier molecular flexibility index (Phi) is 4.08. The van der Waals surface area contributed by atoms with Gasteiger partial charge in [0, 0.05) is 19.0 Å². The Balaban J connectivity index is 2.75. The smallest absolute Gasteiger partial charge is 0.332 e. The maximum absolute atomic E-state index is 12.3. The molecule has 0 aliphatic rings. The number of hydrogen-bond donors (Lipinski definition) is 1. The van der Waals surface area contributed by atoms with Gasteiger partial charge in [-0.2, -0.15) is 0 Å². The molecule has 0 saturated heterocycles. The van der Waals surface area contributed by atoms with Crippen molar-refractivity contribution < 1.29 is 0 Å². The Morgan fingerprint density at radius 2 is 2.05 bits per heavy atom. The summed E-state index contributed by atoms with van der Waals surface area (Å²) < 4.78 is 2.52. The van der Waals surface area contributed by atoms with Crippen LogP contribution in [0, 0.1) is 0 Å². The second-order valence-corrected chi connectivity index (χ2v) is 5.48. The van der Waals surface area contributed by atoms with Crippen LogP contribution >= 0.6 is 11.3 Å². The molecule has 0 radical (unpaired) electrons. The third-order valence-electron chi connectivity index (χ3n) is 3.14. The molecule has 0 bridgehead atoms. The van der Waals surface area contributed by atoms with Gasteiger partial charge >= 0.3 is 5.69 Å². The van der Waals surface area contributed by atoms with Gasteiger partial charge in [0.2, 0.25) is 0 Å². The van der Waals surface area contributed by atoms with E-state index in [0.717, 1.165) is 22.4 Å². The van der Waals surface area contributed by atoms with Crippen LogP contribution in [0.15, 0.2) is 15.0 Å². The van der Waals surface area contributed by atoms with E-state index >= 15 is 0 Å². The fourth-order valence-corrected chi connectivity index (χ4v) is 2.79. The van der Waals surface area contributed by atoms with Crippen molar-refractivity contribution in [3.05, 3.63) is 31.2 Å². The lowest BCUT2D eigenvalue weighted by atomic mass is 10.2. The van der Waals surface area contributed by atoms with Crippen molar-refractivity contribution in [2.45, 2.75) is 33.2 Å². The monoisotopic (exact) mass is 294 g/mol. The molecule has 0 saturated carbocycles. The predicted octanol–water partition coefficient (Wildman–Crippen LogP) is 1.23. The summed E-state index contributed by atoms with van der Waals surface area (Å²) in [6.07, 6.45) is 1.57. The number of nitrogen functional groups attached to an aromatic ring is 1. The van der Waals surface area contributed by atoms with Crippen LogP contribution in [0.4, 0.5) is 5.82 Å². The summed E-state index contributed by atoms with van der Waals surface area (Å²) in [5.41, 5.74) is 6.12. The summed E-state index contributed by atoms with van der Waals surface area (Å²) in [7, 11) is 1.47. The molecule has 0 aliphatic carbocycles. The number of thiazole rings is 1. The highest BCUT2D eigenvalue weighted by Gasteiger charge is 2.18. The molecule has 7 heteroatoms. The largest absolute Gasteiger partial charge is 0.384 e. The van der Waals surface area contributed by atoms with Crippen molar-refractivity contribution in [1.29, 1.82) is 0 Å². The third kappa shape index (κ3) is 2.29. The van der Waals surface area contributed by atoms with Crippen LogP contribution in [0.1, 0.15) is 25.3 Å². The quantitative estimate of drug-likeness (QED) is 0.919. The molecule has 0 fully saturated rings. The van der Waals surface area contributed by atoms with Crippen LogP contribution in [0.2, 0.25) is 0 Å². The van der Waals surface area contributed by atoms with E-state index in [-0.39, 0.29) is 11.5 Å². The van der Waals surface area contributed by atoms with Gasteiger partial charge in [-0.25, -0.2) is 9.78 Å². The first-order chi connectivity index (χ1) is 9.51. The minimum Gasteiger partial charge on any atom is -0.384 e. The zero-order valence-electron chi connectivity index (χ0n) is 11.8. The Bertz CT molecular complexity index is 742. The summed E-state index contributed by atoms with van der Waals surface area (Å²) in [4.78, 5) is 28.8. The van der Waals surface area contributed by atoms with Gasteiger partial charge in [-0.1, -0.05) is 13.8 Å². The number of nitrogens with zero attached hydrogens (tertiary/aromatic N) is 3. The average Bonchev–Trinajstić information content (AvgIpc) is 2.90. The molecule has 0 spiro atoms. The van der Waals surface area contributed by atoms with Crippen LogP contribution in [-0.2, 0) is 20.0 Å². The fourth-order valence-electron chi connectivity index (χ4n) is 2.05. The number of aryl methyl sites for hydroxylation is 1. The number of rotatable bonds is 4. The van der Waals surface area contributed by atoms with E-state index in [1.165, 1.54) is 23.0 Å². The molecule has 6 nitrogen and oxygen atoms in total. The van der Waals surface area contributed by atoms with Crippen LogP contribution in [0.3, 0.4) is 0 Å². The van der Waals surface area contributed by atoms with Crippen molar-refractivity contribution in [1.82, 2.24) is 14.1 Å². The predicted molar refractivity (Wildman–Crippen MR) is 81.1 cm³/mol. The lowest BCUT2D eigenvalue weighted by Gasteiger charge is -2.13. The normalized spacial score (nSPS) is 10.9. The fraction of sp³-hybridized carbons (Fsp3) is 0.462. The van der Waals surface area contributed by atoms with Crippen molar-refractivity contribution in [3.63, 3.8) is 0 Å².